The molecule has 1 aliphatic heterocycles. The summed E-state index contributed by atoms with van der Waals surface area (Å²) in [5, 5.41) is 18.6. The molecule has 2 atom stereocenters. The predicted molar refractivity (Wildman–Crippen MR) is 67.4 cm³/mol. The van der Waals surface area contributed by atoms with Gasteiger partial charge in [-0.2, -0.15) is 0 Å². The molecule has 0 aliphatic carbocycles. The first kappa shape index (κ1) is 13.5. The molecule has 1 aromatic rings. The minimum absolute atomic E-state index is 0.0500. The number of rotatable bonds is 3. The Hall–Kier alpha value is -1.92. The fourth-order valence-electron chi connectivity index (χ4n) is 2.22. The van der Waals surface area contributed by atoms with E-state index in [1.165, 1.54) is 4.90 Å². The van der Waals surface area contributed by atoms with E-state index in [0.29, 0.717) is 12.1 Å². The molecule has 1 aliphatic rings. The summed E-state index contributed by atoms with van der Waals surface area (Å²) in [6.45, 7) is 0.434. The molecule has 19 heavy (non-hydrogen) atoms. The van der Waals surface area contributed by atoms with Crippen molar-refractivity contribution < 1.29 is 19.8 Å². The minimum atomic E-state index is -1.09. The Morgan fingerprint density at radius 1 is 1.32 bits per heavy atom. The average Bonchev–Trinajstić information content (AvgIpc) is 2.80. The lowest BCUT2D eigenvalue weighted by Crippen LogP contribution is -2.40. The molecule has 0 spiro atoms. The zero-order valence-corrected chi connectivity index (χ0v) is 10.3. The van der Waals surface area contributed by atoms with Crippen molar-refractivity contribution in [1.29, 1.82) is 0 Å². The Morgan fingerprint density at radius 3 is 2.47 bits per heavy atom. The zero-order valence-electron chi connectivity index (χ0n) is 10.3. The van der Waals surface area contributed by atoms with Gasteiger partial charge in [0.25, 0.3) is 5.91 Å². The van der Waals surface area contributed by atoms with Crippen molar-refractivity contribution >= 4 is 11.9 Å². The topological polar surface area (TPSA) is 104 Å². The standard InChI is InChI=1S/C13H16N2O4/c14-6-8-1-3-9(4-2-8)12(17)15-7-10(16)5-11(15)13(18)19/h1-4,10-11,16H,5-7,14H2,(H,18,19)/t10-,11+/m1/s1. The monoisotopic (exact) mass is 264 g/mol. The van der Waals surface area contributed by atoms with Crippen LogP contribution in [-0.4, -0.2) is 45.7 Å². The van der Waals surface area contributed by atoms with Crippen LogP contribution in [0.4, 0.5) is 0 Å². The number of carboxylic acid groups (broad SMARTS) is 1. The van der Waals surface area contributed by atoms with Crippen LogP contribution in [0, 0.1) is 0 Å². The molecule has 4 N–H and O–H groups in total. The summed E-state index contributed by atoms with van der Waals surface area (Å²) in [6, 6.07) is 5.74. The van der Waals surface area contributed by atoms with Crippen molar-refractivity contribution in [3.05, 3.63) is 35.4 Å². The van der Waals surface area contributed by atoms with Crippen molar-refractivity contribution in [2.24, 2.45) is 5.73 Å². The number of aliphatic hydroxyl groups excluding tert-OH is 1. The molecule has 6 nitrogen and oxygen atoms in total. The van der Waals surface area contributed by atoms with Gasteiger partial charge in [-0.3, -0.25) is 4.79 Å². The van der Waals surface area contributed by atoms with Crippen molar-refractivity contribution in [3.8, 4) is 0 Å². The Kier molecular flexibility index (Phi) is 3.82. The second-order valence-electron chi connectivity index (χ2n) is 4.60. The number of carbonyl (C=O) groups excluding carboxylic acids is 1. The van der Waals surface area contributed by atoms with E-state index < -0.39 is 18.1 Å². The van der Waals surface area contributed by atoms with Gasteiger partial charge in [0.1, 0.15) is 6.04 Å². The van der Waals surface area contributed by atoms with Crippen LogP contribution in [0.2, 0.25) is 0 Å². The number of likely N-dealkylation sites (tertiary alicyclic amines) is 1. The van der Waals surface area contributed by atoms with Gasteiger partial charge in [0, 0.05) is 25.1 Å². The molecule has 0 saturated carbocycles. The highest BCUT2D eigenvalue weighted by Crippen LogP contribution is 2.21. The fraction of sp³-hybridized carbons (Fsp3) is 0.385. The first-order valence-corrected chi connectivity index (χ1v) is 6.03. The molecule has 0 bridgehead atoms. The number of nitrogens with zero attached hydrogens (tertiary/aromatic N) is 1. The smallest absolute Gasteiger partial charge is 0.326 e. The largest absolute Gasteiger partial charge is 0.480 e. The molecular formula is C13H16N2O4. The number of amides is 1. The summed E-state index contributed by atoms with van der Waals surface area (Å²) in [6.07, 6.45) is -0.713. The number of hydrogen-bond acceptors (Lipinski definition) is 4. The van der Waals surface area contributed by atoms with Gasteiger partial charge in [0.05, 0.1) is 6.10 Å². The Bertz CT molecular complexity index is 486. The summed E-state index contributed by atoms with van der Waals surface area (Å²) in [4.78, 5) is 24.5. The Morgan fingerprint density at radius 2 is 1.95 bits per heavy atom. The van der Waals surface area contributed by atoms with Crippen LogP contribution < -0.4 is 5.73 Å². The third-order valence-electron chi connectivity index (χ3n) is 3.26. The van der Waals surface area contributed by atoms with E-state index in [9.17, 15) is 14.7 Å². The molecule has 1 heterocycles. The molecule has 102 valence electrons. The van der Waals surface area contributed by atoms with Gasteiger partial charge in [-0.1, -0.05) is 12.1 Å². The van der Waals surface area contributed by atoms with Gasteiger partial charge >= 0.3 is 5.97 Å². The zero-order chi connectivity index (χ0) is 14.0. The third-order valence-corrected chi connectivity index (χ3v) is 3.26. The van der Waals surface area contributed by atoms with Crippen LogP contribution in [0.1, 0.15) is 22.3 Å². The van der Waals surface area contributed by atoms with Gasteiger partial charge in [-0.15, -0.1) is 0 Å². The molecule has 2 rings (SSSR count). The molecule has 0 aromatic heterocycles. The Labute approximate surface area is 110 Å². The maximum Gasteiger partial charge on any atom is 0.326 e. The van der Waals surface area contributed by atoms with Crippen molar-refractivity contribution in [3.63, 3.8) is 0 Å². The van der Waals surface area contributed by atoms with Crippen molar-refractivity contribution in [2.75, 3.05) is 6.54 Å². The van der Waals surface area contributed by atoms with E-state index in [-0.39, 0.29) is 18.9 Å². The lowest BCUT2D eigenvalue weighted by atomic mass is 10.1. The summed E-state index contributed by atoms with van der Waals surface area (Å²) >= 11 is 0. The predicted octanol–water partition coefficient (Wildman–Crippen LogP) is -0.195. The van der Waals surface area contributed by atoms with Crippen LogP contribution in [0.3, 0.4) is 0 Å². The molecule has 1 amide bonds. The average molecular weight is 264 g/mol. The molecule has 0 radical (unpaired) electrons. The van der Waals surface area contributed by atoms with E-state index in [2.05, 4.69) is 0 Å². The summed E-state index contributed by atoms with van der Waals surface area (Å²) in [7, 11) is 0. The van der Waals surface area contributed by atoms with Crippen molar-refractivity contribution in [2.45, 2.75) is 25.1 Å². The number of benzene rings is 1. The van der Waals surface area contributed by atoms with Gasteiger partial charge in [0.2, 0.25) is 0 Å². The number of β-amino-alcohol motifs (C(OH)–C–C–N with tert-alkyl or cyclic N) is 1. The van der Waals surface area contributed by atoms with Crippen LogP contribution in [0.15, 0.2) is 24.3 Å². The first-order chi connectivity index (χ1) is 9.02. The lowest BCUT2D eigenvalue weighted by Gasteiger charge is -2.21. The molecule has 6 heteroatoms. The van der Waals surface area contributed by atoms with Crippen LogP contribution in [0.25, 0.3) is 0 Å². The van der Waals surface area contributed by atoms with E-state index in [0.717, 1.165) is 5.56 Å². The van der Waals surface area contributed by atoms with Gasteiger partial charge in [-0.25, -0.2) is 4.79 Å². The first-order valence-electron chi connectivity index (χ1n) is 6.03. The highest BCUT2D eigenvalue weighted by Gasteiger charge is 2.39. The third kappa shape index (κ3) is 2.74. The highest BCUT2D eigenvalue weighted by atomic mass is 16.4. The van der Waals surface area contributed by atoms with E-state index in [1.807, 2.05) is 0 Å². The lowest BCUT2D eigenvalue weighted by molar-refractivity contribution is -0.141. The highest BCUT2D eigenvalue weighted by molar-refractivity contribution is 5.97. The van der Waals surface area contributed by atoms with E-state index in [4.69, 9.17) is 10.8 Å². The van der Waals surface area contributed by atoms with E-state index in [1.54, 1.807) is 24.3 Å². The molecule has 0 unspecified atom stereocenters. The maximum atomic E-state index is 12.2. The van der Waals surface area contributed by atoms with E-state index >= 15 is 0 Å². The van der Waals surface area contributed by atoms with Crippen LogP contribution >= 0.6 is 0 Å². The summed E-state index contributed by atoms with van der Waals surface area (Å²) < 4.78 is 0. The van der Waals surface area contributed by atoms with Crippen LogP contribution in [0.5, 0.6) is 0 Å². The number of aliphatic hydroxyl groups is 1. The van der Waals surface area contributed by atoms with Gasteiger partial charge in [0.15, 0.2) is 0 Å². The summed E-state index contributed by atoms with van der Waals surface area (Å²) in [5.41, 5.74) is 6.77. The molecule has 1 fully saturated rings. The Balaban J connectivity index is 2.20. The second-order valence-corrected chi connectivity index (χ2v) is 4.60. The van der Waals surface area contributed by atoms with Gasteiger partial charge < -0.3 is 20.8 Å². The second kappa shape index (κ2) is 5.38. The number of nitrogens with two attached hydrogens (primary N) is 1. The van der Waals surface area contributed by atoms with Crippen molar-refractivity contribution in [1.82, 2.24) is 4.90 Å². The molecule has 1 saturated heterocycles. The maximum absolute atomic E-state index is 12.2. The molecular weight excluding hydrogens is 248 g/mol. The van der Waals surface area contributed by atoms with Gasteiger partial charge in [-0.05, 0) is 17.7 Å². The SMILES string of the molecule is NCc1ccc(C(=O)N2C[C@H](O)C[C@H]2C(=O)O)cc1. The summed E-state index contributed by atoms with van der Waals surface area (Å²) in [5.74, 6) is -1.48. The minimum Gasteiger partial charge on any atom is -0.480 e. The number of carbonyl (C=O) groups is 2. The number of aliphatic carboxylic acids is 1. The van der Waals surface area contributed by atoms with Crippen LogP contribution in [-0.2, 0) is 11.3 Å². The fourth-order valence-corrected chi connectivity index (χ4v) is 2.22. The number of hydrogen-bond donors (Lipinski definition) is 3. The molecule has 1 aromatic carbocycles. The quantitative estimate of drug-likeness (QED) is 0.701. The normalized spacial score (nSPS) is 22.5. The number of carboxylic acids is 1.